The second kappa shape index (κ2) is 4.61. The first-order chi connectivity index (χ1) is 7.41. The van der Waals surface area contributed by atoms with Crippen molar-refractivity contribution < 1.29 is 14.7 Å². The molecule has 0 saturated carbocycles. The molecule has 1 amide bonds. The van der Waals surface area contributed by atoms with E-state index in [1.807, 2.05) is 0 Å². The Morgan fingerprint density at radius 1 is 1.50 bits per heavy atom. The number of anilines is 1. The van der Waals surface area contributed by atoms with Gasteiger partial charge in [-0.25, -0.2) is 4.98 Å². The zero-order chi connectivity index (χ0) is 12.3. The second-order valence-corrected chi connectivity index (χ2v) is 3.42. The van der Waals surface area contributed by atoms with Gasteiger partial charge >= 0.3 is 5.97 Å². The number of pyridine rings is 1. The molecule has 0 radical (unpaired) electrons. The van der Waals surface area contributed by atoms with Gasteiger partial charge in [-0.3, -0.25) is 9.59 Å². The lowest BCUT2D eigenvalue weighted by Crippen LogP contribution is -2.20. The number of aromatic nitrogens is 1. The van der Waals surface area contributed by atoms with Gasteiger partial charge in [0.15, 0.2) is 0 Å². The summed E-state index contributed by atoms with van der Waals surface area (Å²) in [6.45, 7) is 3.17. The maximum atomic E-state index is 11.2. The van der Waals surface area contributed by atoms with E-state index in [0.29, 0.717) is 11.3 Å². The van der Waals surface area contributed by atoms with Crippen LogP contribution in [-0.2, 0) is 4.79 Å². The number of aryl methyl sites for hydroxylation is 2. The number of carbonyl (C=O) groups is 2. The van der Waals surface area contributed by atoms with Gasteiger partial charge in [0.25, 0.3) is 5.91 Å². The molecule has 0 unspecified atom stereocenters. The Hall–Kier alpha value is -2.11. The van der Waals surface area contributed by atoms with Crippen LogP contribution in [0.4, 0.5) is 5.82 Å². The molecule has 0 fully saturated rings. The van der Waals surface area contributed by atoms with Gasteiger partial charge in [-0.05, 0) is 25.5 Å². The minimum Gasteiger partial charge on any atom is -0.480 e. The summed E-state index contributed by atoms with van der Waals surface area (Å²) in [6.07, 6.45) is 0. The van der Waals surface area contributed by atoms with Crippen molar-refractivity contribution >= 4 is 17.7 Å². The zero-order valence-corrected chi connectivity index (χ0v) is 9.07. The van der Waals surface area contributed by atoms with Crippen LogP contribution in [0.15, 0.2) is 6.07 Å². The third kappa shape index (κ3) is 2.69. The Balaban J connectivity index is 3.13. The molecule has 0 atom stereocenters. The minimum atomic E-state index is -1.03. The van der Waals surface area contributed by atoms with E-state index in [-0.39, 0.29) is 17.9 Å². The fourth-order valence-corrected chi connectivity index (χ4v) is 1.44. The standard InChI is InChI=1S/C10H13N3O3/c1-5-3-6(2)13-10(8(5)9(11)16)12-4-7(14)15/h3H,4H2,1-2H3,(H2,11,16)(H,12,13)(H,14,15). The number of hydrogen-bond acceptors (Lipinski definition) is 4. The molecule has 86 valence electrons. The van der Waals surface area contributed by atoms with Gasteiger partial charge in [-0.1, -0.05) is 0 Å². The number of hydrogen-bond donors (Lipinski definition) is 3. The van der Waals surface area contributed by atoms with Crippen molar-refractivity contribution in [2.75, 3.05) is 11.9 Å². The van der Waals surface area contributed by atoms with Gasteiger partial charge in [0.2, 0.25) is 0 Å². The first kappa shape index (κ1) is 12.0. The lowest BCUT2D eigenvalue weighted by atomic mass is 10.1. The summed E-state index contributed by atoms with van der Waals surface area (Å²) in [5.41, 5.74) is 6.80. The summed E-state index contributed by atoms with van der Waals surface area (Å²) in [7, 11) is 0. The molecule has 0 bridgehead atoms. The number of primary amides is 1. The summed E-state index contributed by atoms with van der Waals surface area (Å²) in [5.74, 6) is -1.44. The molecule has 6 heteroatoms. The lowest BCUT2D eigenvalue weighted by molar-refractivity contribution is -0.134. The van der Waals surface area contributed by atoms with Gasteiger partial charge < -0.3 is 16.2 Å². The quantitative estimate of drug-likeness (QED) is 0.680. The van der Waals surface area contributed by atoms with Crippen LogP contribution >= 0.6 is 0 Å². The van der Waals surface area contributed by atoms with Crippen LogP contribution in [0.3, 0.4) is 0 Å². The highest BCUT2D eigenvalue weighted by Crippen LogP contribution is 2.17. The van der Waals surface area contributed by atoms with E-state index in [2.05, 4.69) is 10.3 Å². The number of carbonyl (C=O) groups excluding carboxylic acids is 1. The SMILES string of the molecule is Cc1cc(C)c(C(N)=O)c(NCC(=O)O)n1. The minimum absolute atomic E-state index is 0.215. The highest BCUT2D eigenvalue weighted by molar-refractivity contribution is 5.99. The average molecular weight is 223 g/mol. The predicted molar refractivity (Wildman–Crippen MR) is 58.4 cm³/mol. The summed E-state index contributed by atoms with van der Waals surface area (Å²) < 4.78 is 0. The number of nitrogens with two attached hydrogens (primary N) is 1. The predicted octanol–water partition coefficient (Wildman–Crippen LogP) is 0.294. The van der Waals surface area contributed by atoms with Crippen LogP contribution in [-0.4, -0.2) is 28.5 Å². The van der Waals surface area contributed by atoms with E-state index in [4.69, 9.17) is 10.8 Å². The highest BCUT2D eigenvalue weighted by Gasteiger charge is 2.14. The van der Waals surface area contributed by atoms with Gasteiger partial charge in [0.05, 0.1) is 5.56 Å². The van der Waals surface area contributed by atoms with Crippen LogP contribution in [0.2, 0.25) is 0 Å². The van der Waals surface area contributed by atoms with Crippen molar-refractivity contribution in [1.29, 1.82) is 0 Å². The Morgan fingerprint density at radius 2 is 2.12 bits per heavy atom. The van der Waals surface area contributed by atoms with Crippen molar-refractivity contribution in [1.82, 2.24) is 4.98 Å². The molecule has 0 aliphatic rings. The molecular weight excluding hydrogens is 210 g/mol. The fraction of sp³-hybridized carbons (Fsp3) is 0.300. The Kier molecular flexibility index (Phi) is 3.44. The number of carboxylic acids is 1. The topological polar surface area (TPSA) is 105 Å². The van der Waals surface area contributed by atoms with Crippen molar-refractivity contribution in [3.8, 4) is 0 Å². The van der Waals surface area contributed by atoms with Crippen LogP contribution in [0.1, 0.15) is 21.6 Å². The maximum absolute atomic E-state index is 11.2. The van der Waals surface area contributed by atoms with E-state index >= 15 is 0 Å². The van der Waals surface area contributed by atoms with Gasteiger partial charge in [0, 0.05) is 5.69 Å². The lowest BCUT2D eigenvalue weighted by Gasteiger charge is -2.10. The van der Waals surface area contributed by atoms with E-state index in [1.165, 1.54) is 0 Å². The zero-order valence-electron chi connectivity index (χ0n) is 9.07. The molecule has 1 rings (SSSR count). The van der Waals surface area contributed by atoms with Gasteiger partial charge in [-0.15, -0.1) is 0 Å². The first-order valence-corrected chi connectivity index (χ1v) is 4.65. The third-order valence-corrected chi connectivity index (χ3v) is 2.00. The molecule has 1 aromatic heterocycles. The molecule has 0 spiro atoms. The largest absolute Gasteiger partial charge is 0.480 e. The third-order valence-electron chi connectivity index (χ3n) is 2.00. The van der Waals surface area contributed by atoms with Gasteiger partial charge in [0.1, 0.15) is 12.4 Å². The Morgan fingerprint density at radius 3 is 2.62 bits per heavy atom. The van der Waals surface area contributed by atoms with Gasteiger partial charge in [-0.2, -0.15) is 0 Å². The number of nitrogens with zero attached hydrogens (tertiary/aromatic N) is 1. The summed E-state index contributed by atoms with van der Waals surface area (Å²) in [5, 5.41) is 11.1. The monoisotopic (exact) mass is 223 g/mol. The van der Waals surface area contributed by atoms with Crippen LogP contribution in [0, 0.1) is 13.8 Å². The Labute approximate surface area is 92.5 Å². The highest BCUT2D eigenvalue weighted by atomic mass is 16.4. The van der Waals surface area contributed by atoms with E-state index in [1.54, 1.807) is 19.9 Å². The molecule has 0 aliphatic carbocycles. The van der Waals surface area contributed by atoms with Crippen molar-refractivity contribution in [2.24, 2.45) is 5.73 Å². The van der Waals surface area contributed by atoms with E-state index in [0.717, 1.165) is 0 Å². The summed E-state index contributed by atoms with van der Waals surface area (Å²) in [6, 6.07) is 1.71. The molecule has 0 aromatic carbocycles. The number of rotatable bonds is 4. The number of aliphatic carboxylic acids is 1. The molecule has 4 N–H and O–H groups in total. The van der Waals surface area contributed by atoms with Crippen LogP contribution in [0.25, 0.3) is 0 Å². The first-order valence-electron chi connectivity index (χ1n) is 4.65. The molecule has 16 heavy (non-hydrogen) atoms. The van der Waals surface area contributed by atoms with Crippen LogP contribution in [0.5, 0.6) is 0 Å². The van der Waals surface area contributed by atoms with Crippen molar-refractivity contribution in [3.05, 3.63) is 22.9 Å². The van der Waals surface area contributed by atoms with Crippen LogP contribution < -0.4 is 11.1 Å². The fourth-order valence-electron chi connectivity index (χ4n) is 1.44. The molecule has 0 aliphatic heterocycles. The molecule has 1 heterocycles. The number of nitrogens with one attached hydrogen (secondary N) is 1. The summed E-state index contributed by atoms with van der Waals surface area (Å²) in [4.78, 5) is 25.7. The van der Waals surface area contributed by atoms with E-state index in [9.17, 15) is 9.59 Å². The average Bonchev–Trinajstić information content (AvgIpc) is 2.12. The molecule has 6 nitrogen and oxygen atoms in total. The molecular formula is C10H13N3O3. The van der Waals surface area contributed by atoms with Crippen molar-refractivity contribution in [3.63, 3.8) is 0 Å². The number of carboxylic acid groups (broad SMARTS) is 1. The molecule has 0 saturated heterocycles. The molecule has 1 aromatic rings. The second-order valence-electron chi connectivity index (χ2n) is 3.42. The van der Waals surface area contributed by atoms with E-state index < -0.39 is 11.9 Å². The number of amides is 1. The maximum Gasteiger partial charge on any atom is 0.322 e. The smallest absolute Gasteiger partial charge is 0.322 e. The normalized spacial score (nSPS) is 9.88. The Bertz CT molecular complexity index is 443. The summed E-state index contributed by atoms with van der Waals surface area (Å²) >= 11 is 0. The van der Waals surface area contributed by atoms with Crippen molar-refractivity contribution in [2.45, 2.75) is 13.8 Å².